The Morgan fingerprint density at radius 2 is 2.25 bits per heavy atom. The number of rotatable bonds is 3. The largest absolute Gasteiger partial charge is 0.465 e. The van der Waals surface area contributed by atoms with Crippen molar-refractivity contribution in [1.29, 1.82) is 0 Å². The molecule has 1 fully saturated rings. The Morgan fingerprint density at radius 3 is 2.85 bits per heavy atom. The van der Waals surface area contributed by atoms with Crippen molar-refractivity contribution in [1.82, 2.24) is 9.88 Å². The van der Waals surface area contributed by atoms with Gasteiger partial charge in [-0.2, -0.15) is 0 Å². The van der Waals surface area contributed by atoms with Crippen molar-refractivity contribution >= 4 is 31.9 Å². The summed E-state index contributed by atoms with van der Waals surface area (Å²) >= 11 is 3.07. The van der Waals surface area contributed by atoms with Crippen molar-refractivity contribution < 1.29 is 22.7 Å². The molecule has 1 amide bonds. The SMILES string of the molecule is O=C(O)N1C[C@H](F)C[C@H]1CS(=O)(=O)c1cccc(Br)n1. The highest BCUT2D eigenvalue weighted by Crippen LogP contribution is 2.24. The third-order valence-electron chi connectivity index (χ3n) is 3.03. The normalized spacial score (nSPS) is 23.0. The molecule has 0 saturated carbocycles. The van der Waals surface area contributed by atoms with Gasteiger partial charge >= 0.3 is 6.09 Å². The van der Waals surface area contributed by atoms with Crippen molar-refractivity contribution in [3.05, 3.63) is 22.8 Å². The molecule has 2 atom stereocenters. The summed E-state index contributed by atoms with van der Waals surface area (Å²) in [4.78, 5) is 15.7. The molecule has 0 aliphatic carbocycles. The van der Waals surface area contributed by atoms with E-state index in [2.05, 4.69) is 20.9 Å². The lowest BCUT2D eigenvalue weighted by Crippen LogP contribution is -2.39. The number of hydrogen-bond donors (Lipinski definition) is 1. The Morgan fingerprint density at radius 1 is 1.55 bits per heavy atom. The van der Waals surface area contributed by atoms with E-state index < -0.39 is 33.9 Å². The molecule has 0 aromatic carbocycles. The van der Waals surface area contributed by atoms with Gasteiger partial charge in [0.05, 0.1) is 18.3 Å². The first-order valence-electron chi connectivity index (χ1n) is 5.78. The molecule has 0 spiro atoms. The van der Waals surface area contributed by atoms with Gasteiger partial charge in [0.2, 0.25) is 0 Å². The van der Waals surface area contributed by atoms with Crippen molar-refractivity contribution in [3.63, 3.8) is 0 Å². The summed E-state index contributed by atoms with van der Waals surface area (Å²) in [6, 6.07) is 3.54. The summed E-state index contributed by atoms with van der Waals surface area (Å²) in [5.74, 6) is -0.469. The Bertz CT molecular complexity index is 625. The van der Waals surface area contributed by atoms with Crippen LogP contribution >= 0.6 is 15.9 Å². The average molecular weight is 367 g/mol. The first-order valence-corrected chi connectivity index (χ1v) is 8.23. The van der Waals surface area contributed by atoms with Crippen molar-refractivity contribution in [2.75, 3.05) is 12.3 Å². The number of sulfone groups is 1. The zero-order chi connectivity index (χ0) is 14.9. The highest BCUT2D eigenvalue weighted by atomic mass is 79.9. The fourth-order valence-corrected chi connectivity index (χ4v) is 4.13. The van der Waals surface area contributed by atoms with Gasteiger partial charge < -0.3 is 10.0 Å². The maximum Gasteiger partial charge on any atom is 0.407 e. The Labute approximate surface area is 123 Å². The van der Waals surface area contributed by atoms with E-state index in [1.807, 2.05) is 0 Å². The monoisotopic (exact) mass is 366 g/mol. The third-order valence-corrected chi connectivity index (χ3v) is 5.16. The van der Waals surface area contributed by atoms with E-state index in [4.69, 9.17) is 5.11 Å². The van der Waals surface area contributed by atoms with Crippen molar-refractivity contribution in [3.8, 4) is 0 Å². The third kappa shape index (κ3) is 3.26. The molecule has 1 aromatic heterocycles. The van der Waals surface area contributed by atoms with Gasteiger partial charge in [-0.15, -0.1) is 0 Å². The van der Waals surface area contributed by atoms with Crippen LogP contribution in [0.25, 0.3) is 0 Å². The van der Waals surface area contributed by atoms with Gasteiger partial charge in [-0.3, -0.25) is 0 Å². The van der Waals surface area contributed by atoms with E-state index in [0.29, 0.717) is 4.60 Å². The number of pyridine rings is 1. The molecule has 110 valence electrons. The summed E-state index contributed by atoms with van der Waals surface area (Å²) in [5.41, 5.74) is 0. The maximum absolute atomic E-state index is 13.3. The molecular formula is C11H12BrFN2O4S. The zero-order valence-corrected chi connectivity index (χ0v) is 12.6. The summed E-state index contributed by atoms with van der Waals surface area (Å²) in [5, 5.41) is 8.80. The van der Waals surface area contributed by atoms with Gasteiger partial charge in [0.1, 0.15) is 10.8 Å². The number of aromatic nitrogens is 1. The number of hydrogen-bond acceptors (Lipinski definition) is 4. The number of nitrogens with zero attached hydrogens (tertiary/aromatic N) is 2. The molecular weight excluding hydrogens is 355 g/mol. The van der Waals surface area contributed by atoms with E-state index in [1.165, 1.54) is 12.1 Å². The molecule has 0 unspecified atom stereocenters. The van der Waals surface area contributed by atoms with Crippen LogP contribution in [0.4, 0.5) is 9.18 Å². The van der Waals surface area contributed by atoms with Crippen LogP contribution in [0, 0.1) is 0 Å². The second-order valence-electron chi connectivity index (χ2n) is 4.50. The van der Waals surface area contributed by atoms with Crippen LogP contribution in [0.2, 0.25) is 0 Å². The van der Waals surface area contributed by atoms with Crippen molar-refractivity contribution in [2.45, 2.75) is 23.7 Å². The van der Waals surface area contributed by atoms with E-state index in [0.717, 1.165) is 4.90 Å². The number of halogens is 2. The molecule has 1 N–H and O–H groups in total. The van der Waals surface area contributed by atoms with Crippen molar-refractivity contribution in [2.24, 2.45) is 0 Å². The van der Waals surface area contributed by atoms with Gasteiger partial charge in [0.15, 0.2) is 14.9 Å². The second-order valence-corrected chi connectivity index (χ2v) is 7.30. The second kappa shape index (κ2) is 5.65. The minimum absolute atomic E-state index is 0.112. The number of carboxylic acid groups (broad SMARTS) is 1. The Kier molecular flexibility index (Phi) is 4.28. The quantitative estimate of drug-likeness (QED) is 0.822. The molecule has 2 heterocycles. The van der Waals surface area contributed by atoms with Crippen LogP contribution in [0.15, 0.2) is 27.8 Å². The molecule has 1 saturated heterocycles. The molecule has 0 radical (unpaired) electrons. The lowest BCUT2D eigenvalue weighted by Gasteiger charge is -2.20. The van der Waals surface area contributed by atoms with E-state index in [1.54, 1.807) is 6.07 Å². The predicted octanol–water partition coefficient (Wildman–Crippen LogP) is 1.71. The molecule has 1 aliphatic rings. The van der Waals surface area contributed by atoms with Gasteiger partial charge in [-0.1, -0.05) is 6.07 Å². The smallest absolute Gasteiger partial charge is 0.407 e. The lowest BCUT2D eigenvalue weighted by atomic mass is 10.2. The van der Waals surface area contributed by atoms with Gasteiger partial charge in [0, 0.05) is 6.42 Å². The number of alkyl halides is 1. The lowest BCUT2D eigenvalue weighted by molar-refractivity contribution is 0.141. The fourth-order valence-electron chi connectivity index (χ4n) is 2.15. The summed E-state index contributed by atoms with van der Waals surface area (Å²) < 4.78 is 38.0. The number of carbonyl (C=O) groups is 1. The molecule has 1 aromatic rings. The molecule has 6 nitrogen and oxygen atoms in total. The summed E-state index contributed by atoms with van der Waals surface area (Å²) in [6.07, 6.45) is -2.76. The van der Waals surface area contributed by atoms with Crippen LogP contribution in [0.5, 0.6) is 0 Å². The van der Waals surface area contributed by atoms with Gasteiger partial charge in [0.25, 0.3) is 0 Å². The predicted molar refractivity (Wildman–Crippen MR) is 72.0 cm³/mol. The average Bonchev–Trinajstić information content (AvgIpc) is 2.69. The number of amides is 1. The number of likely N-dealkylation sites (tertiary alicyclic amines) is 1. The molecule has 20 heavy (non-hydrogen) atoms. The van der Waals surface area contributed by atoms with E-state index in [9.17, 15) is 17.6 Å². The van der Waals surface area contributed by atoms with Gasteiger partial charge in [-0.05, 0) is 28.1 Å². The first-order chi connectivity index (χ1) is 9.29. The van der Waals surface area contributed by atoms with Crippen LogP contribution in [-0.4, -0.2) is 54.0 Å². The highest BCUT2D eigenvalue weighted by molar-refractivity contribution is 9.10. The maximum atomic E-state index is 13.3. The summed E-state index contributed by atoms with van der Waals surface area (Å²) in [7, 11) is -3.77. The topological polar surface area (TPSA) is 87.6 Å². The van der Waals surface area contributed by atoms with Gasteiger partial charge in [-0.25, -0.2) is 22.6 Å². The Balaban J connectivity index is 2.22. The minimum atomic E-state index is -3.77. The first kappa shape index (κ1) is 15.2. The molecule has 0 bridgehead atoms. The molecule has 9 heteroatoms. The molecule has 1 aliphatic heterocycles. The van der Waals surface area contributed by atoms with Crippen LogP contribution in [0.3, 0.4) is 0 Å². The van der Waals surface area contributed by atoms with Crippen LogP contribution < -0.4 is 0 Å². The van der Waals surface area contributed by atoms with Crippen LogP contribution in [-0.2, 0) is 9.84 Å². The zero-order valence-electron chi connectivity index (χ0n) is 10.2. The summed E-state index contributed by atoms with van der Waals surface area (Å²) in [6.45, 7) is -0.290. The highest BCUT2D eigenvalue weighted by Gasteiger charge is 2.38. The Hall–Kier alpha value is -1.22. The standard InChI is InChI=1S/C11H12BrFN2O4S/c12-9-2-1-3-10(14-9)20(18,19)6-8-4-7(13)5-15(8)11(16)17/h1-3,7-8H,4-6H2,(H,16,17)/t7-,8+/m1/s1. The van der Waals surface area contributed by atoms with Crippen LogP contribution in [0.1, 0.15) is 6.42 Å². The fraction of sp³-hybridized carbons (Fsp3) is 0.455. The molecule has 2 rings (SSSR count). The minimum Gasteiger partial charge on any atom is -0.465 e. The van der Waals surface area contributed by atoms with E-state index in [-0.39, 0.29) is 18.0 Å². The van der Waals surface area contributed by atoms with E-state index >= 15 is 0 Å².